The normalized spacial score (nSPS) is 25.6. The second-order valence-electron chi connectivity index (χ2n) is 6.33. The first-order valence-corrected chi connectivity index (χ1v) is 8.36. The molecule has 0 radical (unpaired) electrons. The van der Waals surface area contributed by atoms with Crippen LogP contribution in [0.3, 0.4) is 0 Å². The van der Waals surface area contributed by atoms with Gasteiger partial charge in [-0.05, 0) is 45.6 Å². The monoisotopic (exact) mass is 282 g/mol. The highest BCUT2D eigenvalue weighted by Crippen LogP contribution is 2.34. The van der Waals surface area contributed by atoms with Gasteiger partial charge in [0, 0.05) is 31.2 Å². The Morgan fingerprint density at radius 1 is 1.35 bits per heavy atom. The number of amides is 1. The lowest BCUT2D eigenvalue weighted by atomic mass is 9.75. The molecule has 1 atom stereocenters. The van der Waals surface area contributed by atoms with Gasteiger partial charge in [0.05, 0.1) is 0 Å². The standard InChI is InChI=1S/C16H30N2O2/c1-2-20-12-6-7-15(19)18-14-8-11-17-16(13-14)9-4-3-5-10-16/h14,17H,2-13H2,1H3,(H,18,19). The van der Waals surface area contributed by atoms with Crippen LogP contribution >= 0.6 is 0 Å². The molecule has 1 unspecified atom stereocenters. The molecule has 0 aromatic rings. The zero-order valence-corrected chi connectivity index (χ0v) is 12.9. The molecule has 4 heteroatoms. The van der Waals surface area contributed by atoms with Gasteiger partial charge in [0.15, 0.2) is 0 Å². The number of carbonyl (C=O) groups is 1. The van der Waals surface area contributed by atoms with Crippen LogP contribution in [0.1, 0.15) is 64.7 Å². The fraction of sp³-hybridized carbons (Fsp3) is 0.938. The predicted octanol–water partition coefficient (Wildman–Crippen LogP) is 2.37. The van der Waals surface area contributed by atoms with Crippen LogP contribution in [0.4, 0.5) is 0 Å². The number of rotatable bonds is 6. The van der Waals surface area contributed by atoms with Crippen LogP contribution in [-0.2, 0) is 9.53 Å². The largest absolute Gasteiger partial charge is 0.382 e. The molecule has 1 saturated heterocycles. The van der Waals surface area contributed by atoms with Crippen molar-refractivity contribution in [1.82, 2.24) is 10.6 Å². The maximum atomic E-state index is 12.0. The molecule has 0 bridgehead atoms. The van der Waals surface area contributed by atoms with E-state index >= 15 is 0 Å². The zero-order chi connectivity index (χ0) is 14.3. The van der Waals surface area contributed by atoms with Gasteiger partial charge in [0.25, 0.3) is 0 Å². The molecular formula is C16H30N2O2. The van der Waals surface area contributed by atoms with Crippen molar-refractivity contribution in [3.05, 3.63) is 0 Å². The summed E-state index contributed by atoms with van der Waals surface area (Å²) in [5.41, 5.74) is 0.319. The van der Waals surface area contributed by atoms with E-state index in [4.69, 9.17) is 4.74 Å². The maximum absolute atomic E-state index is 12.0. The molecule has 0 aromatic heterocycles. The number of carbonyl (C=O) groups excluding carboxylic acids is 1. The number of ether oxygens (including phenoxy) is 1. The summed E-state index contributed by atoms with van der Waals surface area (Å²) in [5, 5.41) is 6.96. The van der Waals surface area contributed by atoms with E-state index in [2.05, 4.69) is 10.6 Å². The minimum atomic E-state index is 0.197. The number of nitrogens with one attached hydrogen (secondary N) is 2. The molecular weight excluding hydrogens is 252 g/mol. The van der Waals surface area contributed by atoms with Crippen molar-refractivity contribution in [2.45, 2.75) is 76.3 Å². The first-order valence-electron chi connectivity index (χ1n) is 8.36. The molecule has 2 fully saturated rings. The Kier molecular flexibility index (Phi) is 6.30. The Balaban J connectivity index is 1.70. The van der Waals surface area contributed by atoms with Crippen LogP contribution in [0.25, 0.3) is 0 Å². The molecule has 1 spiro atoms. The fourth-order valence-electron chi connectivity index (χ4n) is 3.67. The number of hydrogen-bond donors (Lipinski definition) is 2. The van der Waals surface area contributed by atoms with Crippen LogP contribution in [0, 0.1) is 0 Å². The van der Waals surface area contributed by atoms with Crippen molar-refractivity contribution in [1.29, 1.82) is 0 Å². The van der Waals surface area contributed by atoms with Gasteiger partial charge in [-0.2, -0.15) is 0 Å². The van der Waals surface area contributed by atoms with Crippen LogP contribution in [-0.4, -0.2) is 37.2 Å². The number of hydrogen-bond acceptors (Lipinski definition) is 3. The van der Waals surface area contributed by atoms with Gasteiger partial charge in [0.2, 0.25) is 5.91 Å². The molecule has 2 rings (SSSR count). The molecule has 1 aliphatic carbocycles. The van der Waals surface area contributed by atoms with Crippen molar-refractivity contribution in [3.63, 3.8) is 0 Å². The van der Waals surface area contributed by atoms with Crippen LogP contribution in [0.5, 0.6) is 0 Å². The molecule has 1 amide bonds. The quantitative estimate of drug-likeness (QED) is 0.735. The fourth-order valence-corrected chi connectivity index (χ4v) is 3.67. The number of piperidine rings is 1. The molecule has 0 aromatic carbocycles. The highest BCUT2D eigenvalue weighted by Gasteiger charge is 2.37. The van der Waals surface area contributed by atoms with Crippen molar-refractivity contribution < 1.29 is 9.53 Å². The first-order chi connectivity index (χ1) is 9.74. The SMILES string of the molecule is CCOCCCC(=O)NC1CCNC2(CCCCC2)C1. The zero-order valence-electron chi connectivity index (χ0n) is 12.9. The molecule has 1 saturated carbocycles. The second-order valence-corrected chi connectivity index (χ2v) is 6.33. The van der Waals surface area contributed by atoms with Gasteiger partial charge < -0.3 is 15.4 Å². The Bertz CT molecular complexity index is 295. The summed E-state index contributed by atoms with van der Waals surface area (Å²) in [4.78, 5) is 12.0. The molecule has 1 heterocycles. The van der Waals surface area contributed by atoms with E-state index < -0.39 is 0 Å². The minimum Gasteiger partial charge on any atom is -0.382 e. The lowest BCUT2D eigenvalue weighted by Gasteiger charge is -2.44. The van der Waals surface area contributed by atoms with Crippen LogP contribution in [0.2, 0.25) is 0 Å². The average Bonchev–Trinajstić information content (AvgIpc) is 2.44. The van der Waals surface area contributed by atoms with Crippen molar-refractivity contribution in [2.24, 2.45) is 0 Å². The van der Waals surface area contributed by atoms with Gasteiger partial charge in [-0.25, -0.2) is 0 Å². The summed E-state index contributed by atoms with van der Waals surface area (Å²) in [7, 11) is 0. The Morgan fingerprint density at radius 3 is 2.90 bits per heavy atom. The Labute approximate surface area is 123 Å². The van der Waals surface area contributed by atoms with Gasteiger partial charge in [0.1, 0.15) is 0 Å². The van der Waals surface area contributed by atoms with E-state index in [1.54, 1.807) is 0 Å². The molecule has 2 N–H and O–H groups in total. The summed E-state index contributed by atoms with van der Waals surface area (Å²) < 4.78 is 5.27. The van der Waals surface area contributed by atoms with Gasteiger partial charge >= 0.3 is 0 Å². The Morgan fingerprint density at radius 2 is 2.15 bits per heavy atom. The van der Waals surface area contributed by atoms with Crippen molar-refractivity contribution in [3.8, 4) is 0 Å². The highest BCUT2D eigenvalue weighted by molar-refractivity contribution is 5.76. The van der Waals surface area contributed by atoms with E-state index in [0.29, 0.717) is 24.6 Å². The molecule has 116 valence electrons. The van der Waals surface area contributed by atoms with E-state index in [0.717, 1.165) is 32.4 Å². The topological polar surface area (TPSA) is 50.4 Å². The first kappa shape index (κ1) is 15.8. The van der Waals surface area contributed by atoms with Gasteiger partial charge in [-0.15, -0.1) is 0 Å². The van der Waals surface area contributed by atoms with Gasteiger partial charge in [-0.1, -0.05) is 19.3 Å². The minimum absolute atomic E-state index is 0.197. The van der Waals surface area contributed by atoms with Crippen molar-refractivity contribution in [2.75, 3.05) is 19.8 Å². The summed E-state index contributed by atoms with van der Waals surface area (Å²) >= 11 is 0. The lowest BCUT2D eigenvalue weighted by molar-refractivity contribution is -0.122. The summed E-state index contributed by atoms with van der Waals surface area (Å²) in [6.45, 7) is 4.46. The third-order valence-electron chi connectivity index (χ3n) is 4.70. The Hall–Kier alpha value is -0.610. The molecule has 20 heavy (non-hydrogen) atoms. The van der Waals surface area contributed by atoms with E-state index in [1.165, 1.54) is 32.1 Å². The van der Waals surface area contributed by atoms with Gasteiger partial charge in [-0.3, -0.25) is 4.79 Å². The summed E-state index contributed by atoms with van der Waals surface area (Å²) in [5.74, 6) is 0.197. The van der Waals surface area contributed by atoms with E-state index in [9.17, 15) is 4.79 Å². The van der Waals surface area contributed by atoms with E-state index in [1.807, 2.05) is 6.92 Å². The highest BCUT2D eigenvalue weighted by atomic mass is 16.5. The maximum Gasteiger partial charge on any atom is 0.220 e. The lowest BCUT2D eigenvalue weighted by Crippen LogP contribution is -2.57. The second kappa shape index (κ2) is 7.99. The van der Waals surface area contributed by atoms with E-state index in [-0.39, 0.29) is 5.91 Å². The third kappa shape index (κ3) is 4.74. The summed E-state index contributed by atoms with van der Waals surface area (Å²) in [6.07, 6.45) is 10.2. The third-order valence-corrected chi connectivity index (χ3v) is 4.70. The van der Waals surface area contributed by atoms with Crippen molar-refractivity contribution >= 4 is 5.91 Å². The molecule has 2 aliphatic rings. The molecule has 4 nitrogen and oxygen atoms in total. The molecule has 1 aliphatic heterocycles. The predicted molar refractivity (Wildman–Crippen MR) is 80.7 cm³/mol. The van der Waals surface area contributed by atoms with Crippen LogP contribution < -0.4 is 10.6 Å². The smallest absolute Gasteiger partial charge is 0.220 e. The van der Waals surface area contributed by atoms with Crippen LogP contribution in [0.15, 0.2) is 0 Å². The summed E-state index contributed by atoms with van der Waals surface area (Å²) in [6, 6.07) is 0.369. The average molecular weight is 282 g/mol.